The first-order valence-electron chi connectivity index (χ1n) is 6.96. The Kier molecular flexibility index (Phi) is 6.59. The van der Waals surface area contributed by atoms with Gasteiger partial charge >= 0.3 is 0 Å². The number of primary amides is 1. The van der Waals surface area contributed by atoms with E-state index in [1.165, 1.54) is 17.0 Å². The monoisotopic (exact) mass is 292 g/mol. The summed E-state index contributed by atoms with van der Waals surface area (Å²) >= 11 is 0. The van der Waals surface area contributed by atoms with Crippen LogP contribution in [0.5, 0.6) is 0 Å². The Balaban J connectivity index is 2.90. The molecule has 1 aromatic rings. The zero-order valence-corrected chi connectivity index (χ0v) is 12.4. The molecule has 0 aliphatic rings. The number of carbonyl (C=O) groups excluding carboxylic acids is 2. The maximum Gasteiger partial charge on any atom is 0.247 e. The highest BCUT2D eigenvalue weighted by Gasteiger charge is 2.14. The second kappa shape index (κ2) is 8.19. The van der Waals surface area contributed by atoms with Gasteiger partial charge in [-0.25, -0.2) is 4.39 Å². The van der Waals surface area contributed by atoms with Crippen LogP contribution in [0.15, 0.2) is 30.3 Å². The van der Waals surface area contributed by atoms with E-state index in [4.69, 9.17) is 5.73 Å². The van der Waals surface area contributed by atoms with Crippen molar-refractivity contribution in [1.29, 1.82) is 0 Å². The number of hydrogen-bond donors (Lipinski definition) is 1. The normalized spacial score (nSPS) is 11.3. The molecule has 0 fully saturated rings. The molecule has 4 nitrogen and oxygen atoms in total. The van der Waals surface area contributed by atoms with Crippen LogP contribution in [0.4, 0.5) is 4.39 Å². The average molecular weight is 292 g/mol. The van der Waals surface area contributed by atoms with E-state index in [9.17, 15) is 14.0 Å². The molecule has 0 aliphatic carbocycles. The third-order valence-electron chi connectivity index (χ3n) is 3.08. The van der Waals surface area contributed by atoms with Crippen molar-refractivity contribution in [1.82, 2.24) is 4.90 Å². The first-order chi connectivity index (χ1) is 9.95. The topological polar surface area (TPSA) is 63.4 Å². The summed E-state index contributed by atoms with van der Waals surface area (Å²) in [5.74, 6) is -1.27. The number of hydrogen-bond acceptors (Lipinski definition) is 2. The summed E-state index contributed by atoms with van der Waals surface area (Å²) < 4.78 is 13.7. The lowest BCUT2D eigenvalue weighted by Crippen LogP contribution is -2.38. The molecule has 0 aromatic heterocycles. The maximum absolute atomic E-state index is 13.7. The maximum atomic E-state index is 13.7. The molecule has 2 N–H and O–H groups in total. The lowest BCUT2D eigenvalue weighted by atomic mass is 10.1. The van der Waals surface area contributed by atoms with Crippen molar-refractivity contribution < 1.29 is 14.0 Å². The summed E-state index contributed by atoms with van der Waals surface area (Å²) in [6, 6.07) is 6.25. The highest BCUT2D eigenvalue weighted by molar-refractivity contribution is 5.96. The summed E-state index contributed by atoms with van der Waals surface area (Å²) in [6.07, 6.45) is 3.03. The quantitative estimate of drug-likeness (QED) is 0.784. The number of amides is 2. The van der Waals surface area contributed by atoms with Gasteiger partial charge in [-0.2, -0.15) is 0 Å². The molecule has 0 spiro atoms. The van der Waals surface area contributed by atoms with E-state index in [2.05, 4.69) is 0 Å². The number of benzene rings is 1. The molecular formula is C16H21FN2O2. The summed E-state index contributed by atoms with van der Waals surface area (Å²) in [5.41, 5.74) is 6.05. The van der Waals surface area contributed by atoms with Gasteiger partial charge in [-0.3, -0.25) is 9.59 Å². The van der Waals surface area contributed by atoms with Crippen molar-refractivity contribution in [2.45, 2.75) is 26.7 Å². The van der Waals surface area contributed by atoms with Crippen molar-refractivity contribution >= 4 is 17.4 Å². The standard InChI is InChI=1S/C16H21FN2O2/c1-3-4-9-19(11-15(18)20)16(21)10-12(2)13-7-5-6-8-14(13)17/h5-8,10H,3-4,9,11H2,1-2H3,(H2,18,20)/b12-10-. The first kappa shape index (κ1) is 16.9. The van der Waals surface area contributed by atoms with Crippen molar-refractivity contribution in [3.8, 4) is 0 Å². The van der Waals surface area contributed by atoms with E-state index in [1.54, 1.807) is 25.1 Å². The summed E-state index contributed by atoms with van der Waals surface area (Å²) in [5, 5.41) is 0. The molecule has 0 heterocycles. The van der Waals surface area contributed by atoms with Crippen LogP contribution in [-0.2, 0) is 9.59 Å². The van der Waals surface area contributed by atoms with Crippen LogP contribution in [-0.4, -0.2) is 29.8 Å². The van der Waals surface area contributed by atoms with Crippen LogP contribution in [0, 0.1) is 5.82 Å². The minimum Gasteiger partial charge on any atom is -0.368 e. The van der Waals surface area contributed by atoms with E-state index in [1.807, 2.05) is 6.92 Å². The van der Waals surface area contributed by atoms with Crippen LogP contribution < -0.4 is 5.73 Å². The number of carbonyl (C=O) groups is 2. The molecule has 0 saturated carbocycles. The van der Waals surface area contributed by atoms with Crippen molar-refractivity contribution in [3.05, 3.63) is 41.7 Å². The minimum atomic E-state index is -0.559. The highest BCUT2D eigenvalue weighted by Crippen LogP contribution is 2.17. The van der Waals surface area contributed by atoms with Gasteiger partial charge in [0.2, 0.25) is 11.8 Å². The Hall–Kier alpha value is -2.17. The number of rotatable bonds is 7. The second-order valence-electron chi connectivity index (χ2n) is 4.89. The fourth-order valence-electron chi connectivity index (χ4n) is 1.94. The third kappa shape index (κ3) is 5.38. The Bertz CT molecular complexity index is 541. The van der Waals surface area contributed by atoms with Crippen molar-refractivity contribution in [2.24, 2.45) is 5.73 Å². The molecule has 0 saturated heterocycles. The van der Waals surface area contributed by atoms with Gasteiger partial charge in [0.25, 0.3) is 0 Å². The Morgan fingerprint density at radius 2 is 2.00 bits per heavy atom. The third-order valence-corrected chi connectivity index (χ3v) is 3.08. The molecule has 0 radical (unpaired) electrons. The molecule has 114 valence electrons. The molecule has 0 unspecified atom stereocenters. The van der Waals surface area contributed by atoms with Crippen LogP contribution in [0.3, 0.4) is 0 Å². The molecule has 1 aromatic carbocycles. The summed E-state index contributed by atoms with van der Waals surface area (Å²) in [7, 11) is 0. The predicted octanol–water partition coefficient (Wildman–Crippen LogP) is 2.34. The molecule has 0 aliphatic heterocycles. The van der Waals surface area contributed by atoms with Gasteiger partial charge in [0, 0.05) is 18.2 Å². The molecular weight excluding hydrogens is 271 g/mol. The van der Waals surface area contributed by atoms with Gasteiger partial charge in [-0.15, -0.1) is 0 Å². The lowest BCUT2D eigenvalue weighted by Gasteiger charge is -2.19. The fourth-order valence-corrected chi connectivity index (χ4v) is 1.94. The Morgan fingerprint density at radius 1 is 1.33 bits per heavy atom. The first-order valence-corrected chi connectivity index (χ1v) is 6.96. The Morgan fingerprint density at radius 3 is 2.57 bits per heavy atom. The number of nitrogens with two attached hydrogens (primary N) is 1. The number of halogens is 1. The number of unbranched alkanes of at least 4 members (excludes halogenated alkanes) is 1. The van der Waals surface area contributed by atoms with Gasteiger partial charge in [0.1, 0.15) is 5.82 Å². The van der Waals surface area contributed by atoms with E-state index in [-0.39, 0.29) is 18.3 Å². The summed E-state index contributed by atoms with van der Waals surface area (Å²) in [4.78, 5) is 24.6. The largest absolute Gasteiger partial charge is 0.368 e. The molecule has 5 heteroatoms. The second-order valence-corrected chi connectivity index (χ2v) is 4.89. The average Bonchev–Trinajstić information content (AvgIpc) is 2.43. The van der Waals surface area contributed by atoms with Gasteiger partial charge in [0.05, 0.1) is 6.54 Å². The summed E-state index contributed by atoms with van der Waals surface area (Å²) in [6.45, 7) is 3.99. The Labute approximate surface area is 124 Å². The lowest BCUT2D eigenvalue weighted by molar-refractivity contribution is -0.131. The smallest absolute Gasteiger partial charge is 0.247 e. The van der Waals surface area contributed by atoms with Gasteiger partial charge in [0.15, 0.2) is 0 Å². The van der Waals surface area contributed by atoms with E-state index in [0.29, 0.717) is 17.7 Å². The van der Waals surface area contributed by atoms with Crippen LogP contribution in [0.25, 0.3) is 5.57 Å². The van der Waals surface area contributed by atoms with Gasteiger partial charge in [-0.05, 0) is 25.0 Å². The van der Waals surface area contributed by atoms with Gasteiger partial charge < -0.3 is 10.6 Å². The molecule has 1 rings (SSSR count). The van der Waals surface area contributed by atoms with E-state index in [0.717, 1.165) is 12.8 Å². The minimum absolute atomic E-state index is 0.125. The van der Waals surface area contributed by atoms with E-state index < -0.39 is 5.91 Å². The van der Waals surface area contributed by atoms with Crippen molar-refractivity contribution in [2.75, 3.05) is 13.1 Å². The fraction of sp³-hybridized carbons (Fsp3) is 0.375. The highest BCUT2D eigenvalue weighted by atomic mass is 19.1. The molecule has 21 heavy (non-hydrogen) atoms. The SMILES string of the molecule is CCCCN(CC(N)=O)C(=O)/C=C(/C)c1ccccc1F. The molecule has 0 atom stereocenters. The van der Waals surface area contributed by atoms with Crippen LogP contribution in [0.1, 0.15) is 32.3 Å². The van der Waals surface area contributed by atoms with Crippen LogP contribution >= 0.6 is 0 Å². The van der Waals surface area contributed by atoms with E-state index >= 15 is 0 Å². The number of nitrogens with zero attached hydrogens (tertiary/aromatic N) is 1. The molecule has 0 bridgehead atoms. The van der Waals surface area contributed by atoms with Crippen LogP contribution in [0.2, 0.25) is 0 Å². The zero-order valence-electron chi connectivity index (χ0n) is 12.4. The predicted molar refractivity (Wildman–Crippen MR) is 80.7 cm³/mol. The number of allylic oxidation sites excluding steroid dienone is 1. The van der Waals surface area contributed by atoms with Gasteiger partial charge in [-0.1, -0.05) is 31.5 Å². The van der Waals surface area contributed by atoms with Crippen molar-refractivity contribution in [3.63, 3.8) is 0 Å². The zero-order chi connectivity index (χ0) is 15.8. The molecule has 2 amide bonds.